The maximum Gasteiger partial charge on any atom is 0.410 e. The van der Waals surface area contributed by atoms with Gasteiger partial charge in [0.15, 0.2) is 11.4 Å². The lowest BCUT2D eigenvalue weighted by Gasteiger charge is -2.42. The van der Waals surface area contributed by atoms with Crippen LogP contribution in [0.4, 0.5) is 22.5 Å². The van der Waals surface area contributed by atoms with Gasteiger partial charge in [-0.3, -0.25) is 33.8 Å². The molecule has 15 rings (SSSR count). The number of hydrogen-bond acceptors (Lipinski definition) is 28. The van der Waals surface area contributed by atoms with E-state index < -0.39 is 102 Å². The smallest absolute Gasteiger partial charge is 0.410 e. The van der Waals surface area contributed by atoms with Crippen molar-refractivity contribution in [2.75, 3.05) is 135 Å². The van der Waals surface area contributed by atoms with Gasteiger partial charge in [0.05, 0.1) is 61.3 Å². The maximum atomic E-state index is 14.9. The lowest BCUT2D eigenvalue weighted by Crippen LogP contribution is -2.61. The number of fused-ring (bicyclic) bond motifs is 7. The molecule has 8 aliphatic rings. The summed E-state index contributed by atoms with van der Waals surface area (Å²) in [6.07, 6.45) is 19.5. The number of benzene rings is 2. The molecule has 33 nitrogen and oxygen atoms in total. The van der Waals surface area contributed by atoms with Gasteiger partial charge in [0.1, 0.15) is 54.1 Å². The molecular formula is C99H131N17O16. The van der Waals surface area contributed by atoms with E-state index >= 15 is 0 Å². The number of ether oxygens (including phenoxy) is 7. The summed E-state index contributed by atoms with van der Waals surface area (Å²) in [4.78, 5) is 146. The predicted octanol–water partition coefficient (Wildman–Crippen LogP) is 10.0. The molecule has 0 unspecified atom stereocenters. The lowest BCUT2D eigenvalue weighted by molar-refractivity contribution is -0.265. The Labute approximate surface area is 772 Å². The first-order valence-electron chi connectivity index (χ1n) is 47.3. The molecule has 0 spiro atoms. The van der Waals surface area contributed by atoms with E-state index in [0.717, 1.165) is 121 Å². The number of nitrogens with one attached hydrogen (secondary N) is 1. The second kappa shape index (κ2) is 43.6. The number of nitrogens with zero attached hydrogens (tertiary/aromatic N) is 15. The Kier molecular flexibility index (Phi) is 31.7. The summed E-state index contributed by atoms with van der Waals surface area (Å²) >= 11 is 0. The van der Waals surface area contributed by atoms with Crippen LogP contribution in [-0.2, 0) is 89.6 Å². The van der Waals surface area contributed by atoms with Crippen molar-refractivity contribution in [2.24, 2.45) is 35.5 Å². The topological polar surface area (TPSA) is 384 Å². The quantitative estimate of drug-likeness (QED) is 0.0253. The number of nitrogen functional groups attached to an aromatic ring is 1. The second-order valence-electron chi connectivity index (χ2n) is 37.6. The number of allylic oxidation sites excluding steroid dienone is 6. The molecule has 7 aliphatic heterocycles. The highest BCUT2D eigenvalue weighted by Crippen LogP contribution is 2.41. The molecule has 2 bridgehead atoms. The molecule has 0 radical (unpaired) electrons. The Morgan fingerprint density at radius 3 is 2.19 bits per heavy atom. The van der Waals surface area contributed by atoms with E-state index in [4.69, 9.17) is 54.0 Å². The van der Waals surface area contributed by atoms with E-state index in [0.29, 0.717) is 151 Å². The van der Waals surface area contributed by atoms with Gasteiger partial charge in [0.25, 0.3) is 17.6 Å². The molecular weight excluding hydrogens is 1680 g/mol. The van der Waals surface area contributed by atoms with Gasteiger partial charge in [-0.25, -0.2) is 44.2 Å². The fourth-order valence-electron chi connectivity index (χ4n) is 20.3. The van der Waals surface area contributed by atoms with Crippen molar-refractivity contribution in [3.63, 3.8) is 0 Å². The highest BCUT2D eigenvalue weighted by atomic mass is 16.6. The normalized spacial score (nSPS) is 28.7. The number of aliphatic hydroxyl groups is 2. The van der Waals surface area contributed by atoms with E-state index in [9.17, 15) is 43.8 Å². The van der Waals surface area contributed by atoms with Gasteiger partial charge in [-0.1, -0.05) is 95.3 Å². The summed E-state index contributed by atoms with van der Waals surface area (Å²) in [7, 11) is 4.55. The average Bonchev–Trinajstić information content (AvgIpc) is 1.73. The third-order valence-corrected chi connectivity index (χ3v) is 28.5. The minimum atomic E-state index is -2.48. The highest BCUT2D eigenvalue weighted by Gasteiger charge is 2.54. The molecule has 708 valence electrons. The zero-order valence-corrected chi connectivity index (χ0v) is 78.0. The van der Waals surface area contributed by atoms with Crippen LogP contribution < -0.4 is 15.5 Å². The van der Waals surface area contributed by atoms with E-state index in [1.807, 2.05) is 98.2 Å². The van der Waals surface area contributed by atoms with E-state index in [1.54, 1.807) is 58.4 Å². The largest absolute Gasteiger partial charge is 0.460 e. The predicted molar refractivity (Wildman–Crippen MR) is 497 cm³/mol. The van der Waals surface area contributed by atoms with Crippen LogP contribution in [0.15, 0.2) is 121 Å². The van der Waals surface area contributed by atoms with Crippen LogP contribution in [-0.4, -0.2) is 295 Å². The van der Waals surface area contributed by atoms with Crippen LogP contribution in [0.25, 0.3) is 33.2 Å². The Balaban J connectivity index is 0.487. The molecule has 1 saturated carbocycles. The van der Waals surface area contributed by atoms with Crippen molar-refractivity contribution in [3.05, 3.63) is 155 Å². The van der Waals surface area contributed by atoms with Crippen molar-refractivity contribution in [2.45, 2.75) is 213 Å². The number of aromatic nitrogens is 9. The van der Waals surface area contributed by atoms with Crippen molar-refractivity contribution in [1.29, 1.82) is 0 Å². The average molecular weight is 1820 g/mol. The van der Waals surface area contributed by atoms with Crippen molar-refractivity contribution in [1.82, 2.24) is 69.2 Å². The molecule has 3 amide bonds. The second-order valence-corrected chi connectivity index (χ2v) is 37.6. The highest BCUT2D eigenvalue weighted by molar-refractivity contribution is 6.39. The monoisotopic (exact) mass is 1810 g/mol. The van der Waals surface area contributed by atoms with Crippen molar-refractivity contribution < 1.29 is 76.9 Å². The first-order valence-corrected chi connectivity index (χ1v) is 47.3. The van der Waals surface area contributed by atoms with Crippen LogP contribution in [0, 0.1) is 35.5 Å². The Hall–Kier alpha value is -10.6. The number of esters is 1. The molecule has 12 heterocycles. The van der Waals surface area contributed by atoms with E-state index in [2.05, 4.69) is 68.8 Å². The summed E-state index contributed by atoms with van der Waals surface area (Å²) in [6.45, 7) is 24.3. The third kappa shape index (κ3) is 22.5. The fraction of sp³-hybridized carbons (Fsp3) is 0.576. The Morgan fingerprint density at radius 2 is 1.45 bits per heavy atom. The van der Waals surface area contributed by atoms with Crippen LogP contribution in [0.5, 0.6) is 0 Å². The van der Waals surface area contributed by atoms with Crippen LogP contribution in [0.2, 0.25) is 0 Å². The number of hydrogen-bond donors (Lipinski definition) is 4. The van der Waals surface area contributed by atoms with E-state index in [-0.39, 0.29) is 55.1 Å². The molecule has 5 N–H and O–H groups in total. The van der Waals surface area contributed by atoms with E-state index in [1.165, 1.54) is 23.9 Å². The number of methoxy groups -OCH3 is 3. The molecule has 132 heavy (non-hydrogen) atoms. The summed E-state index contributed by atoms with van der Waals surface area (Å²) in [5.74, 6) is -7.03. The lowest BCUT2D eigenvalue weighted by atomic mass is 9.78. The number of anilines is 3. The number of amides is 3. The third-order valence-electron chi connectivity index (χ3n) is 28.5. The summed E-state index contributed by atoms with van der Waals surface area (Å²) < 4.78 is 44.8. The van der Waals surface area contributed by atoms with Gasteiger partial charge in [-0.05, 0) is 148 Å². The summed E-state index contributed by atoms with van der Waals surface area (Å²) in [6, 6.07) is 13.4. The first-order chi connectivity index (χ1) is 63.7. The fourth-order valence-corrected chi connectivity index (χ4v) is 20.3. The van der Waals surface area contributed by atoms with Crippen LogP contribution in [0.1, 0.15) is 164 Å². The van der Waals surface area contributed by atoms with Gasteiger partial charge in [0.2, 0.25) is 17.7 Å². The van der Waals surface area contributed by atoms with Crippen LogP contribution in [0.3, 0.4) is 0 Å². The standard InChI is InChI=1S/C99H131N17O16/c1-61-16-12-11-13-17-62(2)82(126-8)52-76-24-19-67(7)99(125,132-76)90(120)94(122)115-31-15-14-18-79(115)95(123)130-83(53-80(117)63(3)47-66(6)88(119)89(128-10)87(118)65(5)46-61)64(4)48-68-21-26-81(84(50-68)127-9)131-98(124)114-33-29-78-75(59-114)56-104-97(107-78)112-40-36-110(37-41-112)43-45-129-44-42-109-34-38-111(39-35-109)96-102-54-74(55-103-96)93(121)113-32-28-70-49-69(20-22-73(70)58-113)57-116-92-85(91(100)105-60-106-92)86(108-116)72-23-25-77-71(51-72)27-30-101-77/h11-13,16-17,20,22-23,25,27,30,47,49,51,54-56,60-61,63-65,67-68,76,79,81-84,88-89,101,119,125H,14-15,18-19,21,24,26,28-29,31-46,48,50,52-53,57-59H2,1-10H3,(H2,100,105,106)/b13-11+,16-12+,62-17+,66-47+/t61-,63-,64-,65-,67-,68+,76+,79+,81-,82+,83+,84-,88-,89+,99-/m1/s1. The number of Topliss-reactive ketones (excluding diaryl/α,β-unsaturated/α-hetero) is 3. The molecule has 1 aliphatic carbocycles. The summed E-state index contributed by atoms with van der Waals surface area (Å²) in [5, 5.41) is 30.8. The van der Waals surface area contributed by atoms with Gasteiger partial charge < -0.3 is 78.6 Å². The number of nitrogens with two attached hydrogens (primary N) is 1. The van der Waals surface area contributed by atoms with Crippen molar-refractivity contribution >= 4 is 80.9 Å². The van der Waals surface area contributed by atoms with Gasteiger partial charge in [0, 0.05) is 197 Å². The minimum Gasteiger partial charge on any atom is -0.460 e. The number of carbonyl (C=O) groups is 7. The summed E-state index contributed by atoms with van der Waals surface area (Å²) in [5.41, 5.74) is 16.7. The first kappa shape index (κ1) is 96.0. The van der Waals surface area contributed by atoms with Gasteiger partial charge in [-0.15, -0.1) is 0 Å². The number of rotatable bonds is 19. The molecule has 4 saturated heterocycles. The maximum absolute atomic E-state index is 14.9. The SMILES string of the molecule is CO[C@H]1C[C@@H]2CC[C@@H](C)[C@@](O)(O2)C(=O)C(=O)N2CCCC[C@H]2C(=O)O[C@H]([C@H](C)C[C@@H]2CC[C@@H](OC(=O)N3CCc4nc(N5CCN(CCOCCN6CCN(c7ncc(C(=O)N8CCc9cc(Cn%10nc(-c%11ccc%12[nH]ccc%12c%11)c%11c(N)ncnc%11%10)ccc9C8)cn7)CC6)CC5)ncc4C3)[C@H](OC)C2)CC(=O)[C@H](C)/C=C(\C)[C@@H](O)[C@@H](OC)C(=O)[C@H](C)C[C@H](C)/C=C/C=C/C=C/1C. The number of aliphatic hydroxyl groups excluding tert-OH is 1. The Morgan fingerprint density at radius 1 is 0.712 bits per heavy atom. The van der Waals surface area contributed by atoms with Gasteiger partial charge in [-0.2, -0.15) is 5.10 Å². The minimum absolute atomic E-state index is 0.0178. The number of H-pyrrole nitrogens is 1. The zero-order valence-electron chi connectivity index (χ0n) is 78.0. The number of carbonyl (C=O) groups excluding carboxylic acids is 7. The zero-order chi connectivity index (χ0) is 93.0. The van der Waals surface area contributed by atoms with Crippen LogP contribution >= 0.6 is 0 Å². The number of piperazine rings is 2. The molecule has 33 heteroatoms. The number of cyclic esters (lactones) is 1. The van der Waals surface area contributed by atoms with Gasteiger partial charge >= 0.3 is 12.1 Å². The van der Waals surface area contributed by atoms with Crippen molar-refractivity contribution in [3.8, 4) is 11.3 Å². The number of ketones is 3. The molecule has 5 fully saturated rings. The molecule has 7 aromatic rings. The molecule has 5 aromatic heterocycles. The molecule has 15 atom stereocenters. The Bertz CT molecular complexity index is 5370. The number of aromatic amines is 1. The molecule has 2 aromatic carbocycles. The number of piperidine rings is 1.